The standard InChI is InChI=1S/C13H12ClNO2/c1-16-10-3-4-11(12(8-10)17-2)9-5-6-15-13(14)7-9/h3-8H,1-2H3. The number of benzene rings is 1. The minimum atomic E-state index is 0.459. The van der Waals surface area contributed by atoms with Crippen molar-refractivity contribution in [2.45, 2.75) is 0 Å². The van der Waals surface area contributed by atoms with Crippen molar-refractivity contribution in [2.75, 3.05) is 14.2 Å². The van der Waals surface area contributed by atoms with Crippen LogP contribution in [0, 0.1) is 0 Å². The zero-order valence-electron chi connectivity index (χ0n) is 9.61. The summed E-state index contributed by atoms with van der Waals surface area (Å²) in [5.74, 6) is 1.50. The van der Waals surface area contributed by atoms with Crippen LogP contribution < -0.4 is 9.47 Å². The van der Waals surface area contributed by atoms with Crippen molar-refractivity contribution in [3.63, 3.8) is 0 Å². The highest BCUT2D eigenvalue weighted by atomic mass is 35.5. The highest BCUT2D eigenvalue weighted by molar-refractivity contribution is 6.29. The number of hydrogen-bond acceptors (Lipinski definition) is 3. The molecular formula is C13H12ClNO2. The van der Waals surface area contributed by atoms with E-state index in [-0.39, 0.29) is 0 Å². The zero-order valence-corrected chi connectivity index (χ0v) is 10.4. The highest BCUT2D eigenvalue weighted by Gasteiger charge is 2.07. The van der Waals surface area contributed by atoms with E-state index in [1.165, 1.54) is 0 Å². The van der Waals surface area contributed by atoms with Gasteiger partial charge in [0.05, 0.1) is 14.2 Å². The second-order valence-electron chi connectivity index (χ2n) is 3.43. The summed E-state index contributed by atoms with van der Waals surface area (Å²) in [6, 6.07) is 9.33. The Morgan fingerprint density at radius 3 is 2.53 bits per heavy atom. The lowest BCUT2D eigenvalue weighted by Gasteiger charge is -2.10. The summed E-state index contributed by atoms with van der Waals surface area (Å²) in [6.45, 7) is 0. The lowest BCUT2D eigenvalue weighted by atomic mass is 10.1. The van der Waals surface area contributed by atoms with E-state index in [2.05, 4.69) is 4.98 Å². The fourth-order valence-corrected chi connectivity index (χ4v) is 1.78. The van der Waals surface area contributed by atoms with Gasteiger partial charge in [-0.25, -0.2) is 4.98 Å². The number of pyridine rings is 1. The van der Waals surface area contributed by atoms with Gasteiger partial charge in [0.15, 0.2) is 0 Å². The molecule has 0 fully saturated rings. The van der Waals surface area contributed by atoms with E-state index in [0.717, 1.165) is 22.6 Å². The topological polar surface area (TPSA) is 31.4 Å². The van der Waals surface area contributed by atoms with E-state index in [4.69, 9.17) is 21.1 Å². The van der Waals surface area contributed by atoms with E-state index in [9.17, 15) is 0 Å². The Morgan fingerprint density at radius 2 is 1.88 bits per heavy atom. The van der Waals surface area contributed by atoms with Crippen LogP contribution in [0.15, 0.2) is 36.5 Å². The molecule has 0 atom stereocenters. The lowest BCUT2D eigenvalue weighted by molar-refractivity contribution is 0.395. The minimum absolute atomic E-state index is 0.459. The van der Waals surface area contributed by atoms with Crippen molar-refractivity contribution in [1.29, 1.82) is 0 Å². The van der Waals surface area contributed by atoms with Gasteiger partial charge in [-0.05, 0) is 29.8 Å². The Kier molecular flexibility index (Phi) is 3.49. The summed E-state index contributed by atoms with van der Waals surface area (Å²) in [5, 5.41) is 0.459. The number of hydrogen-bond donors (Lipinski definition) is 0. The Hall–Kier alpha value is -1.74. The van der Waals surface area contributed by atoms with Crippen LogP contribution in [0.4, 0.5) is 0 Å². The Morgan fingerprint density at radius 1 is 1.06 bits per heavy atom. The molecule has 1 heterocycles. The summed E-state index contributed by atoms with van der Waals surface area (Å²) < 4.78 is 10.5. The molecule has 0 radical (unpaired) electrons. The van der Waals surface area contributed by atoms with Gasteiger partial charge in [-0.3, -0.25) is 0 Å². The smallest absolute Gasteiger partial charge is 0.130 e. The molecule has 0 bridgehead atoms. The second-order valence-corrected chi connectivity index (χ2v) is 3.82. The number of methoxy groups -OCH3 is 2. The molecule has 0 aliphatic rings. The van der Waals surface area contributed by atoms with Crippen LogP contribution in [0.25, 0.3) is 11.1 Å². The van der Waals surface area contributed by atoms with Crippen molar-refractivity contribution in [1.82, 2.24) is 4.98 Å². The van der Waals surface area contributed by atoms with Crippen molar-refractivity contribution < 1.29 is 9.47 Å². The molecule has 17 heavy (non-hydrogen) atoms. The first kappa shape index (κ1) is 11.7. The molecule has 0 aliphatic heterocycles. The van der Waals surface area contributed by atoms with Gasteiger partial charge in [-0.1, -0.05) is 11.6 Å². The predicted octanol–water partition coefficient (Wildman–Crippen LogP) is 3.42. The first-order valence-corrected chi connectivity index (χ1v) is 5.46. The van der Waals surface area contributed by atoms with Crippen LogP contribution in [0.3, 0.4) is 0 Å². The number of aromatic nitrogens is 1. The summed E-state index contributed by atoms with van der Waals surface area (Å²) in [4.78, 5) is 3.95. The summed E-state index contributed by atoms with van der Waals surface area (Å²) >= 11 is 5.87. The SMILES string of the molecule is COc1ccc(-c2ccnc(Cl)c2)c(OC)c1. The van der Waals surface area contributed by atoms with Gasteiger partial charge in [0, 0.05) is 17.8 Å². The van der Waals surface area contributed by atoms with Gasteiger partial charge < -0.3 is 9.47 Å². The van der Waals surface area contributed by atoms with E-state index < -0.39 is 0 Å². The quantitative estimate of drug-likeness (QED) is 0.781. The molecule has 0 aliphatic carbocycles. The third kappa shape index (κ3) is 2.50. The van der Waals surface area contributed by atoms with Gasteiger partial charge in [-0.2, -0.15) is 0 Å². The fourth-order valence-electron chi connectivity index (χ4n) is 1.61. The number of halogens is 1. The molecular weight excluding hydrogens is 238 g/mol. The minimum Gasteiger partial charge on any atom is -0.497 e. The number of rotatable bonds is 3. The van der Waals surface area contributed by atoms with Gasteiger partial charge in [0.2, 0.25) is 0 Å². The van der Waals surface area contributed by atoms with Gasteiger partial charge >= 0.3 is 0 Å². The maximum Gasteiger partial charge on any atom is 0.130 e. The zero-order chi connectivity index (χ0) is 12.3. The van der Waals surface area contributed by atoms with Crippen molar-refractivity contribution >= 4 is 11.6 Å². The summed E-state index contributed by atoms with van der Waals surface area (Å²) in [6.07, 6.45) is 1.67. The van der Waals surface area contributed by atoms with Crippen LogP contribution in [0.2, 0.25) is 5.15 Å². The third-order valence-electron chi connectivity index (χ3n) is 2.45. The molecule has 2 rings (SSSR count). The van der Waals surface area contributed by atoms with E-state index in [1.54, 1.807) is 26.5 Å². The maximum atomic E-state index is 5.87. The lowest BCUT2D eigenvalue weighted by Crippen LogP contribution is -1.90. The molecule has 1 aromatic carbocycles. The fraction of sp³-hybridized carbons (Fsp3) is 0.154. The molecule has 3 nitrogen and oxygen atoms in total. The van der Waals surface area contributed by atoms with Crippen LogP contribution in [0.1, 0.15) is 0 Å². The molecule has 0 saturated heterocycles. The number of nitrogens with zero attached hydrogens (tertiary/aromatic N) is 1. The van der Waals surface area contributed by atoms with E-state index in [0.29, 0.717) is 5.15 Å². The molecule has 4 heteroatoms. The van der Waals surface area contributed by atoms with Crippen LogP contribution in [0.5, 0.6) is 11.5 Å². The maximum absolute atomic E-state index is 5.87. The van der Waals surface area contributed by atoms with Crippen LogP contribution in [-0.4, -0.2) is 19.2 Å². The molecule has 0 unspecified atom stereocenters. The first-order valence-electron chi connectivity index (χ1n) is 5.08. The molecule has 0 saturated carbocycles. The molecule has 2 aromatic rings. The Balaban J connectivity index is 2.51. The van der Waals surface area contributed by atoms with E-state index >= 15 is 0 Å². The molecule has 0 N–H and O–H groups in total. The summed E-state index contributed by atoms with van der Waals surface area (Å²) in [7, 11) is 3.25. The monoisotopic (exact) mass is 249 g/mol. The largest absolute Gasteiger partial charge is 0.497 e. The Labute approximate surface area is 105 Å². The van der Waals surface area contributed by atoms with Crippen LogP contribution in [-0.2, 0) is 0 Å². The number of ether oxygens (including phenoxy) is 2. The normalized spacial score (nSPS) is 10.1. The van der Waals surface area contributed by atoms with E-state index in [1.807, 2.05) is 24.3 Å². The molecule has 1 aromatic heterocycles. The first-order chi connectivity index (χ1) is 8.24. The van der Waals surface area contributed by atoms with Gasteiger partial charge in [-0.15, -0.1) is 0 Å². The molecule has 0 amide bonds. The summed E-state index contributed by atoms with van der Waals surface area (Å²) in [5.41, 5.74) is 1.92. The predicted molar refractivity (Wildman–Crippen MR) is 67.8 cm³/mol. The molecule has 88 valence electrons. The van der Waals surface area contributed by atoms with Gasteiger partial charge in [0.1, 0.15) is 16.7 Å². The van der Waals surface area contributed by atoms with Crippen molar-refractivity contribution in [3.8, 4) is 22.6 Å². The average Bonchev–Trinajstić information content (AvgIpc) is 2.38. The third-order valence-corrected chi connectivity index (χ3v) is 2.65. The van der Waals surface area contributed by atoms with Crippen molar-refractivity contribution in [2.24, 2.45) is 0 Å². The molecule has 0 spiro atoms. The van der Waals surface area contributed by atoms with Crippen molar-refractivity contribution in [3.05, 3.63) is 41.7 Å². The second kappa shape index (κ2) is 5.06. The Bertz CT molecular complexity index is 529. The average molecular weight is 250 g/mol. The van der Waals surface area contributed by atoms with Crippen LogP contribution >= 0.6 is 11.6 Å². The van der Waals surface area contributed by atoms with Gasteiger partial charge in [0.25, 0.3) is 0 Å². The highest BCUT2D eigenvalue weighted by Crippen LogP contribution is 2.33.